The van der Waals surface area contributed by atoms with Gasteiger partial charge in [-0.15, -0.1) is 0 Å². The zero-order valence-corrected chi connectivity index (χ0v) is 14.3. The van der Waals surface area contributed by atoms with E-state index in [1.807, 2.05) is 45.9 Å². The first-order valence-corrected chi connectivity index (χ1v) is 7.63. The van der Waals surface area contributed by atoms with Crippen molar-refractivity contribution in [1.29, 1.82) is 0 Å². The number of pyridine rings is 1. The van der Waals surface area contributed by atoms with Gasteiger partial charge in [0, 0.05) is 25.2 Å². The molecule has 0 atom stereocenters. The number of nitrogens with one attached hydrogen (secondary N) is 1. The summed E-state index contributed by atoms with van der Waals surface area (Å²) in [5.74, 6) is 0.302. The Bertz CT molecular complexity index is 613. The molecule has 1 aromatic heterocycles. The van der Waals surface area contributed by atoms with Gasteiger partial charge in [-0.1, -0.05) is 6.08 Å². The van der Waals surface area contributed by atoms with Gasteiger partial charge in [0.15, 0.2) is 0 Å². The number of anilines is 1. The molecular formula is C16H24BN3O3. The number of rotatable bonds is 4. The number of nitrogens with two attached hydrogens (primary N) is 1. The molecule has 2 heterocycles. The van der Waals surface area contributed by atoms with Crippen LogP contribution in [0.15, 0.2) is 23.8 Å². The van der Waals surface area contributed by atoms with E-state index in [2.05, 4.69) is 10.3 Å². The molecule has 1 aromatic rings. The summed E-state index contributed by atoms with van der Waals surface area (Å²) in [5, 5.41) is 2.79. The van der Waals surface area contributed by atoms with Crippen LogP contribution in [-0.4, -0.2) is 35.8 Å². The first-order valence-electron chi connectivity index (χ1n) is 7.63. The van der Waals surface area contributed by atoms with Crippen molar-refractivity contribution in [2.75, 3.05) is 12.3 Å². The van der Waals surface area contributed by atoms with Crippen molar-refractivity contribution in [1.82, 2.24) is 10.3 Å². The van der Waals surface area contributed by atoms with Gasteiger partial charge in [-0.3, -0.25) is 4.79 Å². The number of nitrogen functional groups attached to an aromatic ring is 1. The van der Waals surface area contributed by atoms with Gasteiger partial charge in [-0.25, -0.2) is 4.98 Å². The van der Waals surface area contributed by atoms with Crippen molar-refractivity contribution >= 4 is 24.9 Å². The fourth-order valence-corrected chi connectivity index (χ4v) is 2.18. The van der Waals surface area contributed by atoms with Crippen molar-refractivity contribution in [3.05, 3.63) is 29.4 Å². The summed E-state index contributed by atoms with van der Waals surface area (Å²) >= 11 is 0. The molecule has 7 heteroatoms. The summed E-state index contributed by atoms with van der Waals surface area (Å²) in [7, 11) is -0.550. The molecule has 1 amide bonds. The third-order valence-corrected chi connectivity index (χ3v) is 4.31. The molecule has 0 spiro atoms. The number of hydrogen-bond donors (Lipinski definition) is 2. The molecule has 1 aliphatic rings. The van der Waals surface area contributed by atoms with E-state index < -0.39 is 18.3 Å². The van der Waals surface area contributed by atoms with Crippen LogP contribution in [0.4, 0.5) is 5.82 Å². The lowest BCUT2D eigenvalue weighted by Gasteiger charge is -2.32. The van der Waals surface area contributed by atoms with Gasteiger partial charge in [0.1, 0.15) is 5.82 Å². The number of hydrogen-bond acceptors (Lipinski definition) is 5. The van der Waals surface area contributed by atoms with E-state index in [1.54, 1.807) is 6.20 Å². The average molecular weight is 317 g/mol. The second-order valence-corrected chi connectivity index (χ2v) is 6.70. The van der Waals surface area contributed by atoms with Crippen LogP contribution in [-0.2, 0) is 14.1 Å². The number of nitrogens with zero attached hydrogens (tertiary/aromatic N) is 1. The monoisotopic (exact) mass is 317 g/mol. The first kappa shape index (κ1) is 17.5. The molecule has 124 valence electrons. The Kier molecular flexibility index (Phi) is 4.82. The van der Waals surface area contributed by atoms with E-state index in [-0.39, 0.29) is 5.91 Å². The van der Waals surface area contributed by atoms with Gasteiger partial charge in [-0.2, -0.15) is 0 Å². The Hall–Kier alpha value is -1.86. The van der Waals surface area contributed by atoms with Gasteiger partial charge < -0.3 is 20.4 Å². The minimum Gasteiger partial charge on any atom is -0.400 e. The maximum atomic E-state index is 11.3. The SMILES string of the molecule is CC(=O)NCC(=Cc1cccnc1N)B1OC(C)(C)C(C)(C)O1. The second kappa shape index (κ2) is 6.33. The summed E-state index contributed by atoms with van der Waals surface area (Å²) < 4.78 is 12.1. The highest BCUT2D eigenvalue weighted by Gasteiger charge is 2.52. The van der Waals surface area contributed by atoms with Crippen molar-refractivity contribution in [3.8, 4) is 0 Å². The lowest BCUT2D eigenvalue weighted by atomic mass is 9.77. The zero-order chi connectivity index (χ0) is 17.3. The van der Waals surface area contributed by atoms with Crippen molar-refractivity contribution < 1.29 is 14.1 Å². The van der Waals surface area contributed by atoms with Crippen LogP contribution in [0.25, 0.3) is 6.08 Å². The summed E-state index contributed by atoms with van der Waals surface area (Å²) in [5.41, 5.74) is 6.56. The highest BCUT2D eigenvalue weighted by molar-refractivity contribution is 6.56. The smallest absolute Gasteiger partial charge is 0.400 e. The molecule has 0 unspecified atom stereocenters. The second-order valence-electron chi connectivity index (χ2n) is 6.70. The third kappa shape index (κ3) is 3.92. The summed E-state index contributed by atoms with van der Waals surface area (Å²) in [6.45, 7) is 9.74. The molecule has 6 nitrogen and oxygen atoms in total. The summed E-state index contributed by atoms with van der Waals surface area (Å²) in [6, 6.07) is 3.67. The number of carbonyl (C=O) groups excluding carboxylic acids is 1. The van der Waals surface area contributed by atoms with Crippen molar-refractivity contribution in [2.45, 2.75) is 45.8 Å². The molecule has 1 fully saturated rings. The molecular weight excluding hydrogens is 293 g/mol. The van der Waals surface area contributed by atoms with Crippen LogP contribution in [0.2, 0.25) is 0 Å². The van der Waals surface area contributed by atoms with Gasteiger partial charge >= 0.3 is 7.12 Å². The van der Waals surface area contributed by atoms with Gasteiger partial charge in [-0.05, 0) is 45.3 Å². The van der Waals surface area contributed by atoms with Crippen LogP contribution in [0.5, 0.6) is 0 Å². The third-order valence-electron chi connectivity index (χ3n) is 4.31. The Balaban J connectivity index is 2.32. The molecule has 0 aliphatic carbocycles. The fraction of sp³-hybridized carbons (Fsp3) is 0.500. The average Bonchev–Trinajstić information content (AvgIpc) is 2.65. The molecule has 1 aliphatic heterocycles. The van der Waals surface area contributed by atoms with Gasteiger partial charge in [0.2, 0.25) is 5.91 Å². The normalized spacial score (nSPS) is 19.7. The van der Waals surface area contributed by atoms with Crippen LogP contribution in [0.1, 0.15) is 40.2 Å². The molecule has 0 aromatic carbocycles. The minimum absolute atomic E-state index is 0.119. The van der Waals surface area contributed by atoms with Crippen LogP contribution in [0, 0.1) is 0 Å². The Labute approximate surface area is 137 Å². The number of amides is 1. The molecule has 0 bridgehead atoms. The van der Waals surface area contributed by atoms with E-state index in [9.17, 15) is 4.79 Å². The largest absolute Gasteiger partial charge is 0.492 e. The molecule has 0 radical (unpaired) electrons. The van der Waals surface area contributed by atoms with Crippen LogP contribution in [0.3, 0.4) is 0 Å². The molecule has 1 saturated heterocycles. The quantitative estimate of drug-likeness (QED) is 0.827. The van der Waals surface area contributed by atoms with Crippen molar-refractivity contribution in [3.63, 3.8) is 0 Å². The first-order chi connectivity index (χ1) is 10.6. The standard InChI is InChI=1S/C16H24BN3O3/c1-11(21)20-10-13(9-12-7-6-8-19-14(12)18)17-22-15(2,3)16(4,5)23-17/h6-9H,10H2,1-5H3,(H2,18,19)(H,20,21). The maximum Gasteiger partial charge on any atom is 0.492 e. The minimum atomic E-state index is -0.550. The van der Waals surface area contributed by atoms with E-state index in [4.69, 9.17) is 15.0 Å². The molecule has 23 heavy (non-hydrogen) atoms. The Morgan fingerprint density at radius 2 is 1.96 bits per heavy atom. The predicted octanol–water partition coefficient (Wildman–Crippen LogP) is 1.81. The van der Waals surface area contributed by atoms with Crippen molar-refractivity contribution in [2.24, 2.45) is 0 Å². The summed E-state index contributed by atoms with van der Waals surface area (Å²) in [4.78, 5) is 15.4. The Morgan fingerprint density at radius 3 is 2.48 bits per heavy atom. The predicted molar refractivity (Wildman–Crippen MR) is 91.4 cm³/mol. The fourth-order valence-electron chi connectivity index (χ4n) is 2.18. The van der Waals surface area contributed by atoms with E-state index in [0.29, 0.717) is 12.4 Å². The van der Waals surface area contributed by atoms with Gasteiger partial charge in [0.05, 0.1) is 11.2 Å². The van der Waals surface area contributed by atoms with E-state index in [0.717, 1.165) is 11.0 Å². The zero-order valence-electron chi connectivity index (χ0n) is 14.3. The highest BCUT2D eigenvalue weighted by Crippen LogP contribution is 2.38. The number of carbonyl (C=O) groups is 1. The van der Waals surface area contributed by atoms with Gasteiger partial charge in [0.25, 0.3) is 0 Å². The maximum absolute atomic E-state index is 11.3. The summed E-state index contributed by atoms with van der Waals surface area (Å²) in [6.07, 6.45) is 3.50. The highest BCUT2D eigenvalue weighted by atomic mass is 16.7. The van der Waals surface area contributed by atoms with E-state index in [1.165, 1.54) is 6.92 Å². The topological polar surface area (TPSA) is 86.5 Å². The molecule has 3 N–H and O–H groups in total. The molecule has 0 saturated carbocycles. The lowest BCUT2D eigenvalue weighted by Crippen LogP contribution is -2.41. The van der Waals surface area contributed by atoms with Crippen LogP contribution >= 0.6 is 0 Å². The Morgan fingerprint density at radius 1 is 1.35 bits per heavy atom. The lowest BCUT2D eigenvalue weighted by molar-refractivity contribution is -0.118. The van der Waals surface area contributed by atoms with E-state index >= 15 is 0 Å². The van der Waals surface area contributed by atoms with Crippen LogP contribution < -0.4 is 11.1 Å². The molecule has 2 rings (SSSR count). The number of aromatic nitrogens is 1.